The van der Waals surface area contributed by atoms with E-state index in [0.29, 0.717) is 5.41 Å². The number of nitrogens with two attached hydrogens (primary N) is 1. The topological polar surface area (TPSA) is 46.3 Å². The van der Waals surface area contributed by atoms with E-state index in [1.54, 1.807) is 6.92 Å². The van der Waals surface area contributed by atoms with E-state index >= 15 is 0 Å². The SMILES string of the molecule is C[C@@H](N)C(=O)N1CCC(C(C)(C)C)CC1. The van der Waals surface area contributed by atoms with Crippen LogP contribution in [-0.4, -0.2) is 29.9 Å². The Kier molecular flexibility index (Phi) is 3.77. The summed E-state index contributed by atoms with van der Waals surface area (Å²) in [4.78, 5) is 13.6. The highest BCUT2D eigenvalue weighted by atomic mass is 16.2. The molecule has 0 saturated carbocycles. The van der Waals surface area contributed by atoms with Crippen LogP contribution in [0.4, 0.5) is 0 Å². The molecule has 0 radical (unpaired) electrons. The number of nitrogens with zero attached hydrogens (tertiary/aromatic N) is 1. The highest BCUT2D eigenvalue weighted by molar-refractivity contribution is 5.81. The zero-order valence-corrected chi connectivity index (χ0v) is 10.4. The molecule has 3 nitrogen and oxygen atoms in total. The van der Waals surface area contributed by atoms with Crippen LogP contribution in [0.5, 0.6) is 0 Å². The lowest BCUT2D eigenvalue weighted by Gasteiger charge is -2.39. The zero-order chi connectivity index (χ0) is 11.6. The molecule has 1 atom stereocenters. The van der Waals surface area contributed by atoms with Gasteiger partial charge in [-0.1, -0.05) is 20.8 Å². The molecule has 1 fully saturated rings. The first kappa shape index (κ1) is 12.5. The van der Waals surface area contributed by atoms with Crippen LogP contribution >= 0.6 is 0 Å². The van der Waals surface area contributed by atoms with Crippen LogP contribution in [0, 0.1) is 11.3 Å². The Hall–Kier alpha value is -0.570. The Labute approximate surface area is 93.0 Å². The average molecular weight is 212 g/mol. The van der Waals surface area contributed by atoms with Gasteiger partial charge in [-0.25, -0.2) is 0 Å². The number of hydrogen-bond acceptors (Lipinski definition) is 2. The van der Waals surface area contributed by atoms with Gasteiger partial charge in [0.2, 0.25) is 5.91 Å². The fourth-order valence-electron chi connectivity index (χ4n) is 2.25. The van der Waals surface area contributed by atoms with E-state index in [0.717, 1.165) is 31.8 Å². The fourth-order valence-corrected chi connectivity index (χ4v) is 2.25. The van der Waals surface area contributed by atoms with Crippen LogP contribution in [0.3, 0.4) is 0 Å². The lowest BCUT2D eigenvalue weighted by molar-refractivity contribution is -0.134. The van der Waals surface area contributed by atoms with E-state index in [9.17, 15) is 4.79 Å². The molecule has 88 valence electrons. The number of hydrogen-bond donors (Lipinski definition) is 1. The molecule has 0 spiro atoms. The maximum absolute atomic E-state index is 11.7. The molecule has 0 aliphatic carbocycles. The lowest BCUT2D eigenvalue weighted by atomic mass is 9.75. The van der Waals surface area contributed by atoms with Crippen molar-refractivity contribution in [3.8, 4) is 0 Å². The molecule has 2 N–H and O–H groups in total. The summed E-state index contributed by atoms with van der Waals surface area (Å²) in [5, 5.41) is 0. The van der Waals surface area contributed by atoms with E-state index < -0.39 is 0 Å². The summed E-state index contributed by atoms with van der Waals surface area (Å²) in [6.07, 6.45) is 2.23. The Morgan fingerprint density at radius 2 is 1.80 bits per heavy atom. The molecule has 1 heterocycles. The third-order valence-corrected chi connectivity index (χ3v) is 3.42. The fraction of sp³-hybridized carbons (Fsp3) is 0.917. The maximum atomic E-state index is 11.7. The van der Waals surface area contributed by atoms with Crippen molar-refractivity contribution in [2.75, 3.05) is 13.1 Å². The van der Waals surface area contributed by atoms with Gasteiger partial charge in [0, 0.05) is 13.1 Å². The van der Waals surface area contributed by atoms with Crippen LogP contribution in [0.25, 0.3) is 0 Å². The Balaban J connectivity index is 2.46. The van der Waals surface area contributed by atoms with Crippen molar-refractivity contribution in [2.24, 2.45) is 17.1 Å². The van der Waals surface area contributed by atoms with Gasteiger partial charge in [-0.15, -0.1) is 0 Å². The van der Waals surface area contributed by atoms with Crippen molar-refractivity contribution in [2.45, 2.75) is 46.6 Å². The van der Waals surface area contributed by atoms with Crippen molar-refractivity contribution in [3.63, 3.8) is 0 Å². The summed E-state index contributed by atoms with van der Waals surface area (Å²) < 4.78 is 0. The summed E-state index contributed by atoms with van der Waals surface area (Å²) in [7, 11) is 0. The Morgan fingerprint density at radius 3 is 2.13 bits per heavy atom. The van der Waals surface area contributed by atoms with Crippen molar-refractivity contribution >= 4 is 5.91 Å². The molecule has 0 aromatic rings. The molecule has 1 amide bonds. The van der Waals surface area contributed by atoms with Gasteiger partial charge in [0.15, 0.2) is 0 Å². The molecule has 0 unspecified atom stereocenters. The molecule has 1 aliphatic rings. The minimum absolute atomic E-state index is 0.0994. The predicted octanol–water partition coefficient (Wildman–Crippen LogP) is 1.62. The highest BCUT2D eigenvalue weighted by Gasteiger charge is 2.30. The van der Waals surface area contributed by atoms with Crippen LogP contribution < -0.4 is 5.73 Å². The highest BCUT2D eigenvalue weighted by Crippen LogP contribution is 2.34. The summed E-state index contributed by atoms with van der Waals surface area (Å²) >= 11 is 0. The van der Waals surface area contributed by atoms with Gasteiger partial charge in [-0.05, 0) is 31.1 Å². The number of amides is 1. The van der Waals surface area contributed by atoms with Gasteiger partial charge < -0.3 is 10.6 Å². The second-order valence-corrected chi connectivity index (χ2v) is 5.75. The second kappa shape index (κ2) is 4.52. The van der Waals surface area contributed by atoms with Crippen LogP contribution in [0.15, 0.2) is 0 Å². The van der Waals surface area contributed by atoms with Crippen molar-refractivity contribution in [1.82, 2.24) is 4.90 Å². The van der Waals surface area contributed by atoms with Crippen LogP contribution in [-0.2, 0) is 4.79 Å². The first-order chi connectivity index (χ1) is 6.82. The summed E-state index contributed by atoms with van der Waals surface area (Å²) in [6.45, 7) is 10.4. The number of piperidine rings is 1. The zero-order valence-electron chi connectivity index (χ0n) is 10.4. The smallest absolute Gasteiger partial charge is 0.239 e. The molecule has 3 heteroatoms. The van der Waals surface area contributed by atoms with Crippen molar-refractivity contribution in [3.05, 3.63) is 0 Å². The third-order valence-electron chi connectivity index (χ3n) is 3.42. The standard InChI is InChI=1S/C12H24N2O/c1-9(13)11(15)14-7-5-10(6-8-14)12(2,3)4/h9-10H,5-8,13H2,1-4H3/t9-/m1/s1. The molecule has 0 aromatic carbocycles. The summed E-state index contributed by atoms with van der Waals surface area (Å²) in [5.41, 5.74) is 5.96. The minimum atomic E-state index is -0.351. The van der Waals surface area contributed by atoms with Gasteiger partial charge in [0.1, 0.15) is 0 Å². The van der Waals surface area contributed by atoms with Crippen LogP contribution in [0.2, 0.25) is 0 Å². The van der Waals surface area contributed by atoms with E-state index in [-0.39, 0.29) is 11.9 Å². The Bertz CT molecular complexity index is 222. The first-order valence-corrected chi connectivity index (χ1v) is 5.86. The molecule has 1 rings (SSSR count). The summed E-state index contributed by atoms with van der Waals surface area (Å²) in [5.74, 6) is 0.831. The first-order valence-electron chi connectivity index (χ1n) is 5.86. The number of likely N-dealkylation sites (tertiary alicyclic amines) is 1. The van der Waals surface area contributed by atoms with Crippen molar-refractivity contribution < 1.29 is 4.79 Å². The molecule has 1 aliphatic heterocycles. The largest absolute Gasteiger partial charge is 0.341 e. The molecule has 15 heavy (non-hydrogen) atoms. The van der Waals surface area contributed by atoms with Gasteiger partial charge in [0.25, 0.3) is 0 Å². The van der Waals surface area contributed by atoms with Gasteiger partial charge in [-0.2, -0.15) is 0 Å². The second-order valence-electron chi connectivity index (χ2n) is 5.75. The molecular weight excluding hydrogens is 188 g/mol. The van der Waals surface area contributed by atoms with E-state index in [2.05, 4.69) is 20.8 Å². The van der Waals surface area contributed by atoms with E-state index in [4.69, 9.17) is 5.73 Å². The predicted molar refractivity (Wildman–Crippen MR) is 62.4 cm³/mol. The van der Waals surface area contributed by atoms with E-state index in [1.165, 1.54) is 0 Å². The molecular formula is C12H24N2O. The number of rotatable bonds is 1. The Morgan fingerprint density at radius 1 is 1.33 bits per heavy atom. The third kappa shape index (κ3) is 3.20. The lowest BCUT2D eigenvalue weighted by Crippen LogP contribution is -2.47. The van der Waals surface area contributed by atoms with E-state index in [1.807, 2.05) is 4.90 Å². The molecule has 0 aromatic heterocycles. The number of carbonyl (C=O) groups is 1. The van der Waals surface area contributed by atoms with Gasteiger partial charge >= 0.3 is 0 Å². The molecule has 1 saturated heterocycles. The average Bonchev–Trinajstić information content (AvgIpc) is 2.15. The molecule has 0 bridgehead atoms. The van der Waals surface area contributed by atoms with Crippen molar-refractivity contribution in [1.29, 1.82) is 0 Å². The summed E-state index contributed by atoms with van der Waals surface area (Å²) in [6, 6.07) is -0.351. The minimum Gasteiger partial charge on any atom is -0.341 e. The number of carbonyl (C=O) groups excluding carboxylic acids is 1. The maximum Gasteiger partial charge on any atom is 0.239 e. The monoisotopic (exact) mass is 212 g/mol. The van der Waals surface area contributed by atoms with Gasteiger partial charge in [0.05, 0.1) is 6.04 Å². The van der Waals surface area contributed by atoms with Gasteiger partial charge in [-0.3, -0.25) is 4.79 Å². The normalized spacial score (nSPS) is 21.5. The quantitative estimate of drug-likeness (QED) is 0.718. The van der Waals surface area contributed by atoms with Crippen LogP contribution in [0.1, 0.15) is 40.5 Å².